The van der Waals surface area contributed by atoms with Crippen molar-refractivity contribution < 1.29 is 0 Å². The minimum atomic E-state index is 0.925. The summed E-state index contributed by atoms with van der Waals surface area (Å²) in [5, 5.41) is 6.84. The maximum Gasteiger partial charge on any atom is 0.191 e. The van der Waals surface area contributed by atoms with Gasteiger partial charge in [0.15, 0.2) is 5.96 Å². The van der Waals surface area contributed by atoms with Crippen molar-refractivity contribution in [3.8, 4) is 0 Å². The highest BCUT2D eigenvalue weighted by atomic mass is 15.2. The van der Waals surface area contributed by atoms with Crippen LogP contribution in [-0.4, -0.2) is 50.1 Å². The fourth-order valence-electron chi connectivity index (χ4n) is 3.31. The molecule has 2 aliphatic rings. The van der Waals surface area contributed by atoms with Crippen molar-refractivity contribution in [1.82, 2.24) is 15.5 Å². The van der Waals surface area contributed by atoms with E-state index in [4.69, 9.17) is 4.99 Å². The van der Waals surface area contributed by atoms with Gasteiger partial charge in [0.1, 0.15) is 0 Å². The van der Waals surface area contributed by atoms with Gasteiger partial charge >= 0.3 is 0 Å². The van der Waals surface area contributed by atoms with E-state index in [-0.39, 0.29) is 0 Å². The SMILES string of the molecule is CCNC(=NCCCN1CCCC1)NCCC1=CCCCC1. The molecule has 0 unspecified atom stereocenters. The van der Waals surface area contributed by atoms with Gasteiger partial charge in [-0.15, -0.1) is 0 Å². The zero-order valence-electron chi connectivity index (χ0n) is 14.4. The van der Waals surface area contributed by atoms with E-state index in [2.05, 4.69) is 28.5 Å². The molecule has 0 amide bonds. The van der Waals surface area contributed by atoms with E-state index < -0.39 is 0 Å². The fourth-order valence-corrected chi connectivity index (χ4v) is 3.31. The summed E-state index contributed by atoms with van der Waals surface area (Å²) in [4.78, 5) is 7.27. The van der Waals surface area contributed by atoms with Gasteiger partial charge in [0.05, 0.1) is 0 Å². The predicted molar refractivity (Wildman–Crippen MR) is 95.4 cm³/mol. The molecule has 1 aliphatic carbocycles. The second-order valence-electron chi connectivity index (χ2n) is 6.45. The van der Waals surface area contributed by atoms with E-state index in [0.29, 0.717) is 0 Å². The molecule has 22 heavy (non-hydrogen) atoms. The van der Waals surface area contributed by atoms with Crippen LogP contribution >= 0.6 is 0 Å². The molecule has 1 fully saturated rings. The van der Waals surface area contributed by atoms with Crippen molar-refractivity contribution in [3.63, 3.8) is 0 Å². The molecular weight excluding hydrogens is 272 g/mol. The Bertz CT molecular complexity index is 356. The average molecular weight is 306 g/mol. The van der Waals surface area contributed by atoms with Gasteiger partial charge in [-0.2, -0.15) is 0 Å². The molecule has 0 aromatic rings. The number of nitrogens with zero attached hydrogens (tertiary/aromatic N) is 2. The largest absolute Gasteiger partial charge is 0.357 e. The van der Waals surface area contributed by atoms with Gasteiger partial charge in [-0.3, -0.25) is 4.99 Å². The van der Waals surface area contributed by atoms with E-state index >= 15 is 0 Å². The number of aliphatic imine (C=N–C) groups is 1. The van der Waals surface area contributed by atoms with Crippen LogP contribution in [0.25, 0.3) is 0 Å². The van der Waals surface area contributed by atoms with E-state index in [9.17, 15) is 0 Å². The number of hydrogen-bond donors (Lipinski definition) is 2. The van der Waals surface area contributed by atoms with Crippen molar-refractivity contribution >= 4 is 5.96 Å². The average Bonchev–Trinajstić information content (AvgIpc) is 3.06. The topological polar surface area (TPSA) is 39.7 Å². The Morgan fingerprint density at radius 3 is 2.77 bits per heavy atom. The van der Waals surface area contributed by atoms with Crippen molar-refractivity contribution in [2.45, 2.75) is 58.3 Å². The molecule has 1 aliphatic heterocycles. The highest BCUT2D eigenvalue weighted by Gasteiger charge is 2.10. The van der Waals surface area contributed by atoms with Gasteiger partial charge < -0.3 is 15.5 Å². The van der Waals surface area contributed by atoms with Gasteiger partial charge in [0.25, 0.3) is 0 Å². The highest BCUT2D eigenvalue weighted by molar-refractivity contribution is 5.79. The first kappa shape index (κ1) is 17.3. The Morgan fingerprint density at radius 1 is 1.18 bits per heavy atom. The summed E-state index contributed by atoms with van der Waals surface area (Å²) < 4.78 is 0. The van der Waals surface area contributed by atoms with Gasteiger partial charge in [-0.05, 0) is 77.9 Å². The smallest absolute Gasteiger partial charge is 0.191 e. The van der Waals surface area contributed by atoms with Gasteiger partial charge in [-0.25, -0.2) is 0 Å². The molecule has 4 nitrogen and oxygen atoms in total. The van der Waals surface area contributed by atoms with Crippen LogP contribution < -0.4 is 10.6 Å². The Balaban J connectivity index is 1.61. The second-order valence-corrected chi connectivity index (χ2v) is 6.45. The molecule has 2 rings (SSSR count). The van der Waals surface area contributed by atoms with E-state index in [1.807, 2.05) is 0 Å². The van der Waals surface area contributed by atoms with Gasteiger partial charge in [0, 0.05) is 19.6 Å². The van der Waals surface area contributed by atoms with Crippen LogP contribution in [0.5, 0.6) is 0 Å². The van der Waals surface area contributed by atoms with Crippen molar-refractivity contribution in [1.29, 1.82) is 0 Å². The molecule has 0 spiro atoms. The number of guanidine groups is 1. The first-order chi connectivity index (χ1) is 10.9. The number of likely N-dealkylation sites (tertiary alicyclic amines) is 1. The van der Waals surface area contributed by atoms with Crippen LogP contribution in [-0.2, 0) is 0 Å². The van der Waals surface area contributed by atoms with Gasteiger partial charge in [-0.1, -0.05) is 11.6 Å². The number of hydrogen-bond acceptors (Lipinski definition) is 2. The Kier molecular flexibility index (Phi) is 8.39. The lowest BCUT2D eigenvalue weighted by Crippen LogP contribution is -2.38. The van der Waals surface area contributed by atoms with E-state index in [0.717, 1.165) is 32.0 Å². The van der Waals surface area contributed by atoms with Crippen LogP contribution in [0.4, 0.5) is 0 Å². The van der Waals surface area contributed by atoms with Crippen molar-refractivity contribution in [2.75, 3.05) is 39.3 Å². The Labute approximate surface area is 136 Å². The molecule has 2 N–H and O–H groups in total. The van der Waals surface area contributed by atoms with Crippen LogP contribution in [0, 0.1) is 0 Å². The zero-order chi connectivity index (χ0) is 15.5. The van der Waals surface area contributed by atoms with Crippen LogP contribution in [0.2, 0.25) is 0 Å². The number of rotatable bonds is 8. The molecule has 126 valence electrons. The molecule has 4 heteroatoms. The molecular formula is C18H34N4. The minimum absolute atomic E-state index is 0.925. The zero-order valence-corrected chi connectivity index (χ0v) is 14.4. The quantitative estimate of drug-likeness (QED) is 0.313. The lowest BCUT2D eigenvalue weighted by molar-refractivity contribution is 0.336. The van der Waals surface area contributed by atoms with Crippen LogP contribution in [0.15, 0.2) is 16.6 Å². The normalized spacial score (nSPS) is 20.0. The first-order valence-electron chi connectivity index (χ1n) is 9.31. The van der Waals surface area contributed by atoms with E-state index in [1.165, 1.54) is 64.6 Å². The molecule has 0 saturated carbocycles. The second kappa shape index (κ2) is 10.7. The predicted octanol–water partition coefficient (Wildman–Crippen LogP) is 2.92. The summed E-state index contributed by atoms with van der Waals surface area (Å²) in [7, 11) is 0. The summed E-state index contributed by atoms with van der Waals surface area (Å²) in [6.07, 6.45) is 12.8. The molecule has 0 radical (unpaired) electrons. The standard InChI is InChI=1S/C18H34N4/c1-2-19-18(20-12-8-16-22-14-6-7-15-22)21-13-11-17-9-4-3-5-10-17/h9H,2-8,10-16H2,1H3,(H2,19,20,21). The lowest BCUT2D eigenvalue weighted by Gasteiger charge is -2.16. The van der Waals surface area contributed by atoms with Crippen molar-refractivity contribution in [2.24, 2.45) is 4.99 Å². The lowest BCUT2D eigenvalue weighted by atomic mass is 9.97. The monoisotopic (exact) mass is 306 g/mol. The third kappa shape index (κ3) is 6.82. The Morgan fingerprint density at radius 2 is 2.05 bits per heavy atom. The maximum absolute atomic E-state index is 4.71. The number of nitrogens with one attached hydrogen (secondary N) is 2. The molecule has 1 saturated heterocycles. The molecule has 0 bridgehead atoms. The fraction of sp³-hybridized carbons (Fsp3) is 0.833. The minimum Gasteiger partial charge on any atom is -0.357 e. The summed E-state index contributed by atoms with van der Waals surface area (Å²) >= 11 is 0. The number of allylic oxidation sites excluding steroid dienone is 1. The third-order valence-electron chi connectivity index (χ3n) is 4.57. The van der Waals surface area contributed by atoms with Crippen molar-refractivity contribution in [3.05, 3.63) is 11.6 Å². The molecule has 0 atom stereocenters. The summed E-state index contributed by atoms with van der Waals surface area (Å²) in [6, 6.07) is 0. The first-order valence-corrected chi connectivity index (χ1v) is 9.31. The summed E-state index contributed by atoms with van der Waals surface area (Å²) in [5.41, 5.74) is 1.63. The van der Waals surface area contributed by atoms with Crippen LogP contribution in [0.3, 0.4) is 0 Å². The Hall–Kier alpha value is -1.03. The van der Waals surface area contributed by atoms with E-state index in [1.54, 1.807) is 5.57 Å². The molecule has 0 aromatic heterocycles. The summed E-state index contributed by atoms with van der Waals surface area (Å²) in [5.74, 6) is 0.986. The third-order valence-corrected chi connectivity index (χ3v) is 4.57. The van der Waals surface area contributed by atoms with Gasteiger partial charge in [0.2, 0.25) is 0 Å². The highest BCUT2D eigenvalue weighted by Crippen LogP contribution is 2.19. The maximum atomic E-state index is 4.71. The van der Waals surface area contributed by atoms with Crippen LogP contribution in [0.1, 0.15) is 58.3 Å². The molecule has 0 aromatic carbocycles. The summed E-state index contributed by atoms with van der Waals surface area (Å²) in [6.45, 7) is 8.77. The molecule has 1 heterocycles.